The van der Waals surface area contributed by atoms with Crippen LogP contribution in [0.2, 0.25) is 0 Å². The van der Waals surface area contributed by atoms with Gasteiger partial charge >= 0.3 is 0 Å². The van der Waals surface area contributed by atoms with Gasteiger partial charge in [0.1, 0.15) is 11.9 Å². The topological polar surface area (TPSA) is 57.3 Å². The molecule has 2 heterocycles. The number of hydrogen-bond acceptors (Lipinski definition) is 4. The Bertz CT molecular complexity index is 435. The van der Waals surface area contributed by atoms with Crippen LogP contribution in [0.1, 0.15) is 26.2 Å². The maximum absolute atomic E-state index is 11.9. The van der Waals surface area contributed by atoms with Crippen molar-refractivity contribution < 1.29 is 4.79 Å². The van der Waals surface area contributed by atoms with Gasteiger partial charge in [0, 0.05) is 38.1 Å². The summed E-state index contributed by atoms with van der Waals surface area (Å²) in [6, 6.07) is 3.95. The van der Waals surface area contributed by atoms with Crippen LogP contribution in [0.25, 0.3) is 0 Å². The third-order valence-corrected chi connectivity index (χ3v) is 3.43. The molecule has 0 radical (unpaired) electrons. The number of carbonyl (C=O) groups is 1. The third-order valence-electron chi connectivity index (χ3n) is 3.43. The van der Waals surface area contributed by atoms with E-state index in [1.807, 2.05) is 12.1 Å². The number of anilines is 2. The van der Waals surface area contributed by atoms with E-state index in [0.717, 1.165) is 43.9 Å². The predicted octanol–water partition coefficient (Wildman–Crippen LogP) is 1.62. The molecule has 1 unspecified atom stereocenters. The average Bonchev–Trinajstić information content (AvgIpc) is 2.94. The van der Waals surface area contributed by atoms with Gasteiger partial charge in [-0.25, -0.2) is 4.98 Å². The number of amides is 1. The van der Waals surface area contributed by atoms with Crippen molar-refractivity contribution >= 4 is 17.4 Å². The number of rotatable bonds is 5. The summed E-state index contributed by atoms with van der Waals surface area (Å²) in [6.07, 6.45) is 4.83. The summed E-state index contributed by atoms with van der Waals surface area (Å²) in [5.41, 5.74) is 1.07. The number of aromatic nitrogens is 1. The highest BCUT2D eigenvalue weighted by atomic mass is 16.2. The molecular weight excluding hydrogens is 240 g/mol. The van der Waals surface area contributed by atoms with Crippen molar-refractivity contribution in [2.45, 2.75) is 32.2 Å². The second-order valence-electron chi connectivity index (χ2n) is 4.79. The molecule has 0 aliphatic carbocycles. The number of carbonyl (C=O) groups excluding carboxylic acids is 1. The first kappa shape index (κ1) is 13.6. The summed E-state index contributed by atoms with van der Waals surface area (Å²) in [7, 11) is 1.69. The molecule has 104 valence electrons. The first-order valence-corrected chi connectivity index (χ1v) is 6.94. The molecule has 0 saturated carbocycles. The van der Waals surface area contributed by atoms with Crippen molar-refractivity contribution in [3.05, 3.63) is 18.3 Å². The molecule has 1 aromatic rings. The van der Waals surface area contributed by atoms with Crippen molar-refractivity contribution in [2.24, 2.45) is 0 Å². The van der Waals surface area contributed by atoms with Gasteiger partial charge in [-0.15, -0.1) is 0 Å². The normalized spacial score (nSPS) is 18.4. The summed E-state index contributed by atoms with van der Waals surface area (Å²) >= 11 is 0. The summed E-state index contributed by atoms with van der Waals surface area (Å²) in [6.45, 7) is 3.96. The van der Waals surface area contributed by atoms with E-state index < -0.39 is 0 Å². The molecule has 5 heteroatoms. The second kappa shape index (κ2) is 6.41. The second-order valence-corrected chi connectivity index (χ2v) is 4.79. The Morgan fingerprint density at radius 2 is 2.42 bits per heavy atom. The molecule has 19 heavy (non-hydrogen) atoms. The molecule has 1 amide bonds. The number of likely N-dealkylation sites (N-methyl/N-ethyl adjacent to an activating group) is 1. The molecule has 2 rings (SSSR count). The maximum Gasteiger partial charge on any atom is 0.242 e. The van der Waals surface area contributed by atoms with Crippen LogP contribution in [-0.4, -0.2) is 37.1 Å². The SMILES string of the molecule is CCCNc1cc(N2CCCC2C(=O)NC)ccn1. The lowest BCUT2D eigenvalue weighted by Gasteiger charge is -2.25. The van der Waals surface area contributed by atoms with Gasteiger partial charge in [-0.05, 0) is 25.3 Å². The van der Waals surface area contributed by atoms with Crippen molar-refractivity contribution in [1.82, 2.24) is 10.3 Å². The van der Waals surface area contributed by atoms with E-state index in [1.165, 1.54) is 0 Å². The molecule has 1 atom stereocenters. The van der Waals surface area contributed by atoms with Gasteiger partial charge < -0.3 is 15.5 Å². The lowest BCUT2D eigenvalue weighted by molar-refractivity contribution is -0.121. The summed E-state index contributed by atoms with van der Waals surface area (Å²) in [4.78, 5) is 18.3. The monoisotopic (exact) mass is 262 g/mol. The molecule has 1 fully saturated rings. The van der Waals surface area contributed by atoms with E-state index >= 15 is 0 Å². The molecule has 1 aliphatic rings. The first-order valence-electron chi connectivity index (χ1n) is 6.94. The van der Waals surface area contributed by atoms with Gasteiger partial charge in [-0.2, -0.15) is 0 Å². The molecule has 0 aromatic carbocycles. The number of hydrogen-bond donors (Lipinski definition) is 2. The van der Waals surface area contributed by atoms with Gasteiger partial charge in [0.05, 0.1) is 0 Å². The van der Waals surface area contributed by atoms with Crippen LogP contribution >= 0.6 is 0 Å². The van der Waals surface area contributed by atoms with Crippen LogP contribution < -0.4 is 15.5 Å². The van der Waals surface area contributed by atoms with Crippen LogP contribution in [0.4, 0.5) is 11.5 Å². The zero-order valence-electron chi connectivity index (χ0n) is 11.6. The Hall–Kier alpha value is -1.78. The van der Waals surface area contributed by atoms with Gasteiger partial charge in [0.2, 0.25) is 5.91 Å². The first-order chi connectivity index (χ1) is 9.26. The lowest BCUT2D eigenvalue weighted by atomic mass is 10.2. The fourth-order valence-corrected chi connectivity index (χ4v) is 2.46. The molecule has 1 aromatic heterocycles. The predicted molar refractivity (Wildman–Crippen MR) is 77.5 cm³/mol. The van der Waals surface area contributed by atoms with Crippen molar-refractivity contribution in [3.8, 4) is 0 Å². The average molecular weight is 262 g/mol. The Balaban J connectivity index is 2.13. The highest BCUT2D eigenvalue weighted by Crippen LogP contribution is 2.26. The highest BCUT2D eigenvalue weighted by Gasteiger charge is 2.30. The maximum atomic E-state index is 11.9. The Morgan fingerprint density at radius 1 is 1.58 bits per heavy atom. The fraction of sp³-hybridized carbons (Fsp3) is 0.571. The number of nitrogens with zero attached hydrogens (tertiary/aromatic N) is 2. The van der Waals surface area contributed by atoms with Gasteiger partial charge in [-0.1, -0.05) is 6.92 Å². The minimum atomic E-state index is -0.0496. The molecule has 1 saturated heterocycles. The minimum absolute atomic E-state index is 0.0496. The Morgan fingerprint density at radius 3 is 3.16 bits per heavy atom. The van der Waals surface area contributed by atoms with Gasteiger partial charge in [0.15, 0.2) is 0 Å². The van der Waals surface area contributed by atoms with Gasteiger partial charge in [-0.3, -0.25) is 4.79 Å². The van der Waals surface area contributed by atoms with E-state index in [0.29, 0.717) is 0 Å². The molecular formula is C14H22N4O. The molecule has 0 bridgehead atoms. The standard InChI is InChI=1S/C14H22N4O/c1-3-7-16-13-10-11(6-8-17-13)18-9-4-5-12(18)14(19)15-2/h6,8,10,12H,3-5,7,9H2,1-2H3,(H,15,19)(H,16,17). The van der Waals surface area contributed by atoms with Crippen LogP contribution in [-0.2, 0) is 4.79 Å². The quantitative estimate of drug-likeness (QED) is 0.846. The summed E-state index contributed by atoms with van der Waals surface area (Å²) in [5.74, 6) is 0.972. The van der Waals surface area contributed by atoms with E-state index in [-0.39, 0.29) is 11.9 Å². The van der Waals surface area contributed by atoms with Crippen molar-refractivity contribution in [1.29, 1.82) is 0 Å². The molecule has 2 N–H and O–H groups in total. The van der Waals surface area contributed by atoms with Crippen molar-refractivity contribution in [2.75, 3.05) is 30.4 Å². The van der Waals surface area contributed by atoms with Crippen LogP contribution in [0.3, 0.4) is 0 Å². The molecule has 5 nitrogen and oxygen atoms in total. The highest BCUT2D eigenvalue weighted by molar-refractivity contribution is 5.85. The van der Waals surface area contributed by atoms with Crippen LogP contribution in [0.5, 0.6) is 0 Å². The van der Waals surface area contributed by atoms with E-state index in [9.17, 15) is 4.79 Å². The Kier molecular flexibility index (Phi) is 4.60. The lowest BCUT2D eigenvalue weighted by Crippen LogP contribution is -2.42. The minimum Gasteiger partial charge on any atom is -0.370 e. The fourth-order valence-electron chi connectivity index (χ4n) is 2.46. The summed E-state index contributed by atoms with van der Waals surface area (Å²) < 4.78 is 0. The van der Waals surface area contributed by atoms with Crippen molar-refractivity contribution in [3.63, 3.8) is 0 Å². The van der Waals surface area contributed by atoms with Gasteiger partial charge in [0.25, 0.3) is 0 Å². The van der Waals surface area contributed by atoms with Crippen LogP contribution in [0.15, 0.2) is 18.3 Å². The third kappa shape index (κ3) is 3.16. The number of pyridine rings is 1. The number of nitrogens with one attached hydrogen (secondary N) is 2. The molecule has 1 aliphatic heterocycles. The Labute approximate surface area is 114 Å². The smallest absolute Gasteiger partial charge is 0.242 e. The van der Waals surface area contributed by atoms with Crippen LogP contribution in [0, 0.1) is 0 Å². The zero-order valence-corrected chi connectivity index (χ0v) is 11.6. The van der Waals surface area contributed by atoms with E-state index in [1.54, 1.807) is 13.2 Å². The van der Waals surface area contributed by atoms with E-state index in [4.69, 9.17) is 0 Å². The summed E-state index contributed by atoms with van der Waals surface area (Å²) in [5, 5.41) is 6.02. The largest absolute Gasteiger partial charge is 0.370 e. The zero-order chi connectivity index (χ0) is 13.7. The van der Waals surface area contributed by atoms with E-state index in [2.05, 4.69) is 27.4 Å². The molecule has 0 spiro atoms.